The van der Waals surface area contributed by atoms with Crippen LogP contribution < -0.4 is 15.2 Å². The monoisotopic (exact) mass is 294 g/mol. The van der Waals surface area contributed by atoms with Crippen molar-refractivity contribution in [1.29, 1.82) is 0 Å². The SMILES string of the molecule is CCC(C)C(N)C(=O)N(C)CCOc1ccccc1OC. The summed E-state index contributed by atoms with van der Waals surface area (Å²) < 4.78 is 10.9. The highest BCUT2D eigenvalue weighted by Crippen LogP contribution is 2.25. The van der Waals surface area contributed by atoms with Crippen molar-refractivity contribution >= 4 is 5.91 Å². The molecule has 5 heteroatoms. The third kappa shape index (κ3) is 4.93. The standard InChI is InChI=1S/C16H26N2O3/c1-5-12(2)15(17)16(19)18(3)10-11-21-14-9-7-6-8-13(14)20-4/h6-9,12,15H,5,10-11,17H2,1-4H3. The summed E-state index contributed by atoms with van der Waals surface area (Å²) in [6.07, 6.45) is 0.887. The van der Waals surface area contributed by atoms with Gasteiger partial charge in [-0.15, -0.1) is 0 Å². The molecule has 2 N–H and O–H groups in total. The van der Waals surface area contributed by atoms with Crippen molar-refractivity contribution in [3.63, 3.8) is 0 Å². The van der Waals surface area contributed by atoms with Crippen LogP contribution in [0.15, 0.2) is 24.3 Å². The van der Waals surface area contributed by atoms with Crippen molar-refractivity contribution in [2.75, 3.05) is 27.3 Å². The van der Waals surface area contributed by atoms with E-state index in [0.717, 1.165) is 6.42 Å². The number of ether oxygens (including phenoxy) is 2. The summed E-state index contributed by atoms with van der Waals surface area (Å²) in [5.41, 5.74) is 5.95. The first-order chi connectivity index (χ1) is 10.0. The van der Waals surface area contributed by atoms with E-state index in [1.165, 1.54) is 0 Å². The van der Waals surface area contributed by atoms with Gasteiger partial charge in [0.2, 0.25) is 5.91 Å². The van der Waals surface area contributed by atoms with E-state index in [1.54, 1.807) is 19.1 Å². The Bertz CT molecular complexity index is 451. The van der Waals surface area contributed by atoms with E-state index in [0.29, 0.717) is 24.7 Å². The van der Waals surface area contributed by atoms with E-state index in [-0.39, 0.29) is 11.8 Å². The van der Waals surface area contributed by atoms with E-state index in [1.807, 2.05) is 38.1 Å². The van der Waals surface area contributed by atoms with Gasteiger partial charge in [0.05, 0.1) is 19.7 Å². The Kier molecular flexibility index (Phi) is 7.02. The van der Waals surface area contributed by atoms with Crippen molar-refractivity contribution < 1.29 is 14.3 Å². The first-order valence-electron chi connectivity index (χ1n) is 7.27. The number of likely N-dealkylation sites (N-methyl/N-ethyl adjacent to an activating group) is 1. The molecule has 0 saturated heterocycles. The number of nitrogens with two attached hydrogens (primary N) is 1. The molecule has 1 aromatic carbocycles. The summed E-state index contributed by atoms with van der Waals surface area (Å²) >= 11 is 0. The minimum atomic E-state index is -0.453. The van der Waals surface area contributed by atoms with Gasteiger partial charge in [0.15, 0.2) is 11.5 Å². The zero-order valence-electron chi connectivity index (χ0n) is 13.3. The Labute approximate surface area is 127 Å². The molecule has 0 aliphatic heterocycles. The van der Waals surface area contributed by atoms with Crippen LogP contribution in [0.25, 0.3) is 0 Å². The number of hydrogen-bond donors (Lipinski definition) is 1. The number of amides is 1. The number of para-hydroxylation sites is 2. The summed E-state index contributed by atoms with van der Waals surface area (Å²) in [6, 6.07) is 6.98. The van der Waals surface area contributed by atoms with Crippen molar-refractivity contribution in [1.82, 2.24) is 4.90 Å². The quantitative estimate of drug-likeness (QED) is 0.795. The molecule has 1 rings (SSSR count). The number of carbonyl (C=O) groups excluding carboxylic acids is 1. The normalized spacial score (nSPS) is 13.4. The molecule has 0 heterocycles. The average Bonchev–Trinajstić information content (AvgIpc) is 2.52. The van der Waals surface area contributed by atoms with Gasteiger partial charge < -0.3 is 20.1 Å². The van der Waals surface area contributed by atoms with Crippen LogP contribution in [-0.4, -0.2) is 44.2 Å². The summed E-state index contributed by atoms with van der Waals surface area (Å²) in [7, 11) is 3.35. The second kappa shape index (κ2) is 8.52. The first-order valence-corrected chi connectivity index (χ1v) is 7.27. The highest BCUT2D eigenvalue weighted by molar-refractivity contribution is 5.81. The van der Waals surface area contributed by atoms with Gasteiger partial charge in [0.1, 0.15) is 6.61 Å². The molecule has 21 heavy (non-hydrogen) atoms. The van der Waals surface area contributed by atoms with Gasteiger partial charge in [-0.25, -0.2) is 0 Å². The Hall–Kier alpha value is -1.75. The lowest BCUT2D eigenvalue weighted by Gasteiger charge is -2.24. The highest BCUT2D eigenvalue weighted by atomic mass is 16.5. The average molecular weight is 294 g/mol. The second-order valence-corrected chi connectivity index (χ2v) is 5.17. The van der Waals surface area contributed by atoms with Crippen molar-refractivity contribution in [2.24, 2.45) is 11.7 Å². The molecular formula is C16H26N2O3. The van der Waals surface area contributed by atoms with E-state index < -0.39 is 6.04 Å². The largest absolute Gasteiger partial charge is 0.493 e. The maximum Gasteiger partial charge on any atom is 0.239 e. The van der Waals surface area contributed by atoms with E-state index in [2.05, 4.69) is 0 Å². The number of hydrogen-bond acceptors (Lipinski definition) is 4. The van der Waals surface area contributed by atoms with Crippen LogP contribution in [0.2, 0.25) is 0 Å². The minimum Gasteiger partial charge on any atom is -0.493 e. The molecule has 0 aliphatic carbocycles. The molecule has 0 bridgehead atoms. The maximum atomic E-state index is 12.1. The minimum absolute atomic E-state index is 0.0482. The van der Waals surface area contributed by atoms with Gasteiger partial charge in [-0.05, 0) is 18.1 Å². The number of benzene rings is 1. The third-order valence-electron chi connectivity index (χ3n) is 3.67. The number of methoxy groups -OCH3 is 1. The molecule has 0 saturated carbocycles. The molecule has 1 amide bonds. The summed E-state index contributed by atoms with van der Waals surface area (Å²) in [5.74, 6) is 1.48. The van der Waals surface area contributed by atoms with Crippen LogP contribution in [0.4, 0.5) is 0 Å². The van der Waals surface area contributed by atoms with Crippen LogP contribution >= 0.6 is 0 Å². The lowest BCUT2D eigenvalue weighted by Crippen LogP contribution is -2.46. The van der Waals surface area contributed by atoms with Crippen LogP contribution in [0.1, 0.15) is 20.3 Å². The molecular weight excluding hydrogens is 268 g/mol. The predicted molar refractivity (Wildman–Crippen MR) is 83.6 cm³/mol. The molecule has 0 aromatic heterocycles. The van der Waals surface area contributed by atoms with E-state index in [9.17, 15) is 4.79 Å². The number of carbonyl (C=O) groups is 1. The summed E-state index contributed by atoms with van der Waals surface area (Å²) in [6.45, 7) is 4.90. The molecule has 118 valence electrons. The van der Waals surface area contributed by atoms with Gasteiger partial charge in [-0.2, -0.15) is 0 Å². The Morgan fingerprint density at radius 3 is 2.52 bits per heavy atom. The van der Waals surface area contributed by atoms with Crippen molar-refractivity contribution in [3.8, 4) is 11.5 Å². The fourth-order valence-corrected chi connectivity index (χ4v) is 1.89. The van der Waals surface area contributed by atoms with Gasteiger partial charge >= 0.3 is 0 Å². The maximum absolute atomic E-state index is 12.1. The molecule has 0 aliphatic rings. The first kappa shape index (κ1) is 17.3. The highest BCUT2D eigenvalue weighted by Gasteiger charge is 2.22. The van der Waals surface area contributed by atoms with Gasteiger partial charge in [0.25, 0.3) is 0 Å². The zero-order chi connectivity index (χ0) is 15.8. The molecule has 0 spiro atoms. The van der Waals surface area contributed by atoms with Crippen LogP contribution in [0.3, 0.4) is 0 Å². The molecule has 2 atom stereocenters. The number of rotatable bonds is 8. The molecule has 5 nitrogen and oxygen atoms in total. The molecule has 1 aromatic rings. The van der Waals surface area contributed by atoms with Gasteiger partial charge in [-0.3, -0.25) is 4.79 Å². The van der Waals surface area contributed by atoms with Crippen molar-refractivity contribution in [3.05, 3.63) is 24.3 Å². The van der Waals surface area contributed by atoms with Crippen LogP contribution in [0, 0.1) is 5.92 Å². The zero-order valence-corrected chi connectivity index (χ0v) is 13.3. The van der Waals surface area contributed by atoms with Gasteiger partial charge in [-0.1, -0.05) is 32.4 Å². The molecule has 0 fully saturated rings. The Morgan fingerprint density at radius 2 is 1.95 bits per heavy atom. The Balaban J connectivity index is 2.46. The predicted octanol–water partition coefficient (Wildman–Crippen LogP) is 1.91. The van der Waals surface area contributed by atoms with Crippen LogP contribution in [-0.2, 0) is 4.79 Å². The number of nitrogens with zero attached hydrogens (tertiary/aromatic N) is 1. The third-order valence-corrected chi connectivity index (χ3v) is 3.67. The second-order valence-electron chi connectivity index (χ2n) is 5.17. The fourth-order valence-electron chi connectivity index (χ4n) is 1.89. The van der Waals surface area contributed by atoms with Gasteiger partial charge in [0, 0.05) is 7.05 Å². The topological polar surface area (TPSA) is 64.8 Å². The molecule has 2 unspecified atom stereocenters. The summed E-state index contributed by atoms with van der Waals surface area (Å²) in [4.78, 5) is 13.7. The fraction of sp³-hybridized carbons (Fsp3) is 0.562. The van der Waals surface area contributed by atoms with Crippen molar-refractivity contribution in [2.45, 2.75) is 26.3 Å². The van der Waals surface area contributed by atoms with Crippen LogP contribution in [0.5, 0.6) is 11.5 Å². The smallest absolute Gasteiger partial charge is 0.239 e. The summed E-state index contributed by atoms with van der Waals surface area (Å²) in [5, 5.41) is 0. The lowest BCUT2D eigenvalue weighted by atomic mass is 9.99. The van der Waals surface area contributed by atoms with E-state index in [4.69, 9.17) is 15.2 Å². The Morgan fingerprint density at radius 1 is 1.33 bits per heavy atom. The molecule has 0 radical (unpaired) electrons. The lowest BCUT2D eigenvalue weighted by molar-refractivity contribution is -0.132. The van der Waals surface area contributed by atoms with E-state index >= 15 is 0 Å².